The molecule has 3 heterocycles. The van der Waals surface area contributed by atoms with Gasteiger partial charge in [-0.15, -0.1) is 0 Å². The lowest BCUT2D eigenvalue weighted by atomic mass is 9.93. The van der Waals surface area contributed by atoms with E-state index in [0.29, 0.717) is 11.4 Å². The predicted octanol–water partition coefficient (Wildman–Crippen LogP) is 5.20. The number of rotatable bonds is 9. The first-order valence-corrected chi connectivity index (χ1v) is 15.2. The number of halogens is 2. The van der Waals surface area contributed by atoms with Crippen LogP contribution in [0.3, 0.4) is 0 Å². The molecule has 204 valence electrons. The number of nitrogens with zero attached hydrogens (tertiary/aromatic N) is 4. The molecule has 1 aromatic carbocycles. The standard InChI is InChI=1S/C23H27ClFN6O5PS/c1-13-16-10-18(19(34-3)8-14(16)6-7-31(13)2)28-23-27-12-17(24)21(30-23)29-22-20(35-37(4)5)9-15(11-26-22)36-38(25,32)33/h8-13H,6-7H2,1-5H3,(H2,26,27,28,29,30). The van der Waals surface area contributed by atoms with Crippen molar-refractivity contribution < 1.29 is 25.7 Å². The second-order valence-corrected chi connectivity index (χ2v) is 11.9. The van der Waals surface area contributed by atoms with E-state index >= 15 is 0 Å². The number of aromatic nitrogens is 3. The van der Waals surface area contributed by atoms with Gasteiger partial charge in [0.1, 0.15) is 10.8 Å². The van der Waals surface area contributed by atoms with Gasteiger partial charge in [0.2, 0.25) is 5.95 Å². The number of nitrogens with one attached hydrogen (secondary N) is 2. The van der Waals surface area contributed by atoms with Crippen molar-refractivity contribution in [1.29, 1.82) is 0 Å². The fourth-order valence-electron chi connectivity index (χ4n) is 3.93. The van der Waals surface area contributed by atoms with Crippen molar-refractivity contribution in [1.82, 2.24) is 19.9 Å². The molecule has 2 N–H and O–H groups in total. The van der Waals surface area contributed by atoms with Crippen LogP contribution in [0.2, 0.25) is 5.02 Å². The maximum atomic E-state index is 13.0. The van der Waals surface area contributed by atoms with E-state index in [2.05, 4.69) is 48.6 Å². The number of hydrogen-bond donors (Lipinski definition) is 2. The number of anilines is 4. The molecule has 2 aromatic heterocycles. The largest absolute Gasteiger partial charge is 0.495 e. The highest BCUT2D eigenvalue weighted by Crippen LogP contribution is 2.40. The average Bonchev–Trinajstić information content (AvgIpc) is 2.83. The minimum Gasteiger partial charge on any atom is -0.495 e. The van der Waals surface area contributed by atoms with Crippen LogP contribution >= 0.6 is 19.7 Å². The number of pyridine rings is 1. The minimum atomic E-state index is -5.23. The zero-order valence-corrected chi connectivity index (χ0v) is 23.8. The molecule has 4 rings (SSSR count). The highest BCUT2D eigenvalue weighted by atomic mass is 35.5. The Balaban J connectivity index is 1.64. The Bertz CT molecular complexity index is 1450. The number of fused-ring (bicyclic) bond motifs is 1. The van der Waals surface area contributed by atoms with Crippen molar-refractivity contribution in [2.24, 2.45) is 0 Å². The Kier molecular flexibility index (Phi) is 8.41. The topological polar surface area (TPSA) is 128 Å². The van der Waals surface area contributed by atoms with Crippen molar-refractivity contribution in [2.75, 3.05) is 44.7 Å². The van der Waals surface area contributed by atoms with Gasteiger partial charge >= 0.3 is 10.5 Å². The number of ether oxygens (including phenoxy) is 1. The van der Waals surface area contributed by atoms with Crippen LogP contribution in [-0.2, 0) is 16.9 Å². The summed E-state index contributed by atoms with van der Waals surface area (Å²) in [6, 6.07) is 5.51. The molecule has 1 atom stereocenters. The molecule has 11 nitrogen and oxygen atoms in total. The molecule has 0 amide bonds. The molecule has 15 heteroatoms. The molecular weight excluding hydrogens is 558 g/mol. The lowest BCUT2D eigenvalue weighted by Crippen LogP contribution is -2.30. The summed E-state index contributed by atoms with van der Waals surface area (Å²) in [6.07, 6.45) is 3.37. The van der Waals surface area contributed by atoms with E-state index in [0.717, 1.165) is 19.2 Å². The van der Waals surface area contributed by atoms with E-state index in [4.69, 9.17) is 20.9 Å². The Morgan fingerprint density at radius 3 is 2.58 bits per heavy atom. The van der Waals surface area contributed by atoms with Gasteiger partial charge in [-0.1, -0.05) is 15.5 Å². The first-order chi connectivity index (χ1) is 17.9. The molecule has 1 unspecified atom stereocenters. The van der Waals surface area contributed by atoms with Crippen LogP contribution in [0.15, 0.2) is 30.6 Å². The van der Waals surface area contributed by atoms with Gasteiger partial charge in [-0.25, -0.2) is 9.97 Å². The molecule has 1 aliphatic rings. The molecule has 1 aliphatic heterocycles. The van der Waals surface area contributed by atoms with Crippen LogP contribution in [0.1, 0.15) is 24.1 Å². The van der Waals surface area contributed by atoms with Crippen LogP contribution in [0.25, 0.3) is 0 Å². The summed E-state index contributed by atoms with van der Waals surface area (Å²) in [7, 11) is -2.49. The first kappa shape index (κ1) is 28.0. The third-order valence-corrected chi connectivity index (χ3v) is 7.07. The van der Waals surface area contributed by atoms with E-state index in [1.165, 1.54) is 23.4 Å². The Labute approximate surface area is 227 Å². The zero-order valence-electron chi connectivity index (χ0n) is 21.3. The van der Waals surface area contributed by atoms with E-state index < -0.39 is 18.7 Å². The Morgan fingerprint density at radius 2 is 1.89 bits per heavy atom. The van der Waals surface area contributed by atoms with Crippen LogP contribution in [0.4, 0.5) is 27.2 Å². The third-order valence-electron chi connectivity index (χ3n) is 5.84. The highest BCUT2D eigenvalue weighted by molar-refractivity contribution is 7.81. The molecule has 0 saturated heterocycles. The molecule has 38 heavy (non-hydrogen) atoms. The SMILES string of the molecule is COc1cc2c(cc1Nc1ncc(Cl)c(Nc3ncc(OS(=O)(=O)F)cc3OP(C)C)n1)C(C)N(C)CC2. The number of methoxy groups -OCH3 is 1. The zero-order chi connectivity index (χ0) is 27.6. The highest BCUT2D eigenvalue weighted by Gasteiger charge is 2.23. The van der Waals surface area contributed by atoms with Gasteiger partial charge in [-0.2, -0.15) is 13.4 Å². The fraction of sp³-hybridized carbons (Fsp3) is 0.348. The summed E-state index contributed by atoms with van der Waals surface area (Å²) in [4.78, 5) is 15.2. The lowest BCUT2D eigenvalue weighted by molar-refractivity contribution is 0.247. The predicted molar refractivity (Wildman–Crippen MR) is 146 cm³/mol. The molecule has 0 aliphatic carbocycles. The van der Waals surface area contributed by atoms with Gasteiger partial charge in [0, 0.05) is 18.7 Å². The summed E-state index contributed by atoms with van der Waals surface area (Å²) in [5.41, 5.74) is 3.12. The van der Waals surface area contributed by atoms with Crippen LogP contribution in [0, 0.1) is 0 Å². The number of likely N-dealkylation sites (N-methyl/N-ethyl adjacent to an activating group) is 1. The minimum absolute atomic E-state index is 0.126. The average molecular weight is 585 g/mol. The van der Waals surface area contributed by atoms with Gasteiger partial charge in [0.15, 0.2) is 23.1 Å². The van der Waals surface area contributed by atoms with Gasteiger partial charge in [0.25, 0.3) is 0 Å². The van der Waals surface area contributed by atoms with Crippen molar-refractivity contribution in [3.63, 3.8) is 0 Å². The monoisotopic (exact) mass is 584 g/mol. The quantitative estimate of drug-likeness (QED) is 0.254. The Morgan fingerprint density at radius 1 is 1.13 bits per heavy atom. The van der Waals surface area contributed by atoms with E-state index in [1.807, 2.05) is 25.5 Å². The van der Waals surface area contributed by atoms with Crippen LogP contribution < -0.4 is 24.1 Å². The molecule has 0 fully saturated rings. The second-order valence-electron chi connectivity index (χ2n) is 8.70. The smallest absolute Gasteiger partial charge is 0.488 e. The summed E-state index contributed by atoms with van der Waals surface area (Å²) in [6.45, 7) is 6.76. The molecule has 0 spiro atoms. The second kappa shape index (κ2) is 11.4. The molecule has 0 radical (unpaired) electrons. The maximum Gasteiger partial charge on any atom is 0.488 e. The van der Waals surface area contributed by atoms with Crippen LogP contribution in [-0.4, -0.2) is 62.3 Å². The van der Waals surface area contributed by atoms with E-state index in [-0.39, 0.29) is 40.1 Å². The van der Waals surface area contributed by atoms with Crippen LogP contribution in [0.5, 0.6) is 17.2 Å². The van der Waals surface area contributed by atoms with Crippen molar-refractivity contribution >= 4 is 53.5 Å². The molecule has 0 bridgehead atoms. The third kappa shape index (κ3) is 6.71. The maximum absolute atomic E-state index is 13.0. The van der Waals surface area contributed by atoms with E-state index in [1.54, 1.807) is 7.11 Å². The van der Waals surface area contributed by atoms with Gasteiger partial charge < -0.3 is 24.1 Å². The van der Waals surface area contributed by atoms with Gasteiger partial charge in [0.05, 0.1) is 33.3 Å². The molecule has 0 saturated carbocycles. The summed E-state index contributed by atoms with van der Waals surface area (Å²) in [5.74, 6) is 1.05. The lowest BCUT2D eigenvalue weighted by Gasteiger charge is -2.33. The van der Waals surface area contributed by atoms with Crippen molar-refractivity contribution in [3.8, 4) is 17.2 Å². The fourth-order valence-corrected chi connectivity index (χ4v) is 4.93. The Hall–Kier alpha value is -2.99. The van der Waals surface area contributed by atoms with Gasteiger partial charge in [-0.05, 0) is 57.0 Å². The number of benzene rings is 1. The van der Waals surface area contributed by atoms with Gasteiger partial charge in [-0.3, -0.25) is 4.90 Å². The molecule has 3 aromatic rings. The van der Waals surface area contributed by atoms with E-state index in [9.17, 15) is 12.3 Å². The number of hydrogen-bond acceptors (Lipinski definition) is 11. The first-order valence-electron chi connectivity index (χ1n) is 11.4. The normalized spacial score (nSPS) is 15.6. The summed E-state index contributed by atoms with van der Waals surface area (Å²) >= 11 is 6.35. The van der Waals surface area contributed by atoms with Crippen molar-refractivity contribution in [2.45, 2.75) is 19.4 Å². The van der Waals surface area contributed by atoms with Crippen molar-refractivity contribution in [3.05, 3.63) is 46.7 Å². The molecular formula is C23H27ClFN6O5PS. The summed E-state index contributed by atoms with van der Waals surface area (Å²) in [5, 5.41) is 6.36. The summed E-state index contributed by atoms with van der Waals surface area (Å²) < 4.78 is 50.4.